The molecule has 0 saturated carbocycles. The fourth-order valence-electron chi connectivity index (χ4n) is 3.51. The van der Waals surface area contributed by atoms with Crippen molar-refractivity contribution in [2.45, 2.75) is 12.5 Å². The van der Waals surface area contributed by atoms with Crippen molar-refractivity contribution in [2.75, 3.05) is 6.54 Å². The number of nitrogens with zero attached hydrogens (tertiary/aromatic N) is 1. The summed E-state index contributed by atoms with van der Waals surface area (Å²) in [6, 6.07) is 23.9. The van der Waals surface area contributed by atoms with Crippen molar-refractivity contribution >= 4 is 23.6 Å². The van der Waals surface area contributed by atoms with Gasteiger partial charge in [0, 0.05) is 16.7 Å². The second-order valence-corrected chi connectivity index (χ2v) is 7.13. The second-order valence-electron chi connectivity index (χ2n) is 7.13. The van der Waals surface area contributed by atoms with Gasteiger partial charge in [-0.05, 0) is 11.6 Å². The van der Waals surface area contributed by atoms with E-state index in [-0.39, 0.29) is 12.2 Å². The van der Waals surface area contributed by atoms with E-state index in [0.29, 0.717) is 22.3 Å². The number of carbonyl (C=O) groups excluding carboxylic acids is 4. The molecule has 3 aromatic rings. The third-order valence-corrected chi connectivity index (χ3v) is 5.07. The van der Waals surface area contributed by atoms with Gasteiger partial charge >= 0.3 is 5.97 Å². The molecule has 0 radical (unpaired) electrons. The topological polar surface area (TPSA) is 80.8 Å². The largest absolute Gasteiger partial charge is 0.448 e. The van der Waals surface area contributed by atoms with Crippen LogP contribution in [0, 0.1) is 0 Å². The monoisotopic (exact) mass is 413 g/mol. The molecule has 6 heteroatoms. The van der Waals surface area contributed by atoms with Crippen LogP contribution in [-0.4, -0.2) is 35.0 Å². The highest BCUT2D eigenvalue weighted by atomic mass is 16.5. The highest BCUT2D eigenvalue weighted by Gasteiger charge is 2.34. The van der Waals surface area contributed by atoms with Gasteiger partial charge in [0.2, 0.25) is 11.7 Å². The number of carbonyl (C=O) groups is 4. The van der Waals surface area contributed by atoms with Crippen molar-refractivity contribution in [2.24, 2.45) is 0 Å². The Morgan fingerprint density at radius 1 is 0.839 bits per heavy atom. The van der Waals surface area contributed by atoms with Crippen LogP contribution in [0.5, 0.6) is 0 Å². The number of imide groups is 1. The minimum Gasteiger partial charge on any atom is -0.448 e. The molecule has 154 valence electrons. The summed E-state index contributed by atoms with van der Waals surface area (Å²) in [7, 11) is 0. The lowest BCUT2D eigenvalue weighted by atomic mass is 9.98. The summed E-state index contributed by atoms with van der Waals surface area (Å²) in [6.07, 6.45) is -1.15. The van der Waals surface area contributed by atoms with Crippen molar-refractivity contribution < 1.29 is 23.9 Å². The second kappa shape index (κ2) is 8.75. The maximum Gasteiger partial charge on any atom is 0.327 e. The van der Waals surface area contributed by atoms with E-state index < -0.39 is 30.4 Å². The first-order chi connectivity index (χ1) is 15.0. The summed E-state index contributed by atoms with van der Waals surface area (Å²) in [4.78, 5) is 51.8. The van der Waals surface area contributed by atoms with Gasteiger partial charge in [0.25, 0.3) is 5.91 Å². The van der Waals surface area contributed by atoms with Crippen molar-refractivity contribution in [3.8, 4) is 0 Å². The number of hydrogen-bond acceptors (Lipinski definition) is 5. The predicted octanol–water partition coefficient (Wildman–Crippen LogP) is 3.38. The Morgan fingerprint density at radius 3 is 2.16 bits per heavy atom. The number of hydrogen-bond donors (Lipinski definition) is 0. The number of benzene rings is 3. The van der Waals surface area contributed by atoms with E-state index in [9.17, 15) is 19.2 Å². The highest BCUT2D eigenvalue weighted by molar-refractivity contribution is 6.11. The van der Waals surface area contributed by atoms with Crippen LogP contribution in [0.25, 0.3) is 0 Å². The Labute approximate surface area is 179 Å². The number of Topliss-reactive ketones (excluding diaryl/α,β-unsaturated/α-hetero) is 1. The molecule has 1 aliphatic heterocycles. The predicted molar refractivity (Wildman–Crippen MR) is 112 cm³/mol. The summed E-state index contributed by atoms with van der Waals surface area (Å²) in [5.74, 6) is -2.25. The summed E-state index contributed by atoms with van der Waals surface area (Å²) in [5, 5.41) is 0. The van der Waals surface area contributed by atoms with Gasteiger partial charge in [-0.25, -0.2) is 0 Å². The lowest BCUT2D eigenvalue weighted by Gasteiger charge is -2.26. The first kappa shape index (κ1) is 20.2. The third-order valence-electron chi connectivity index (χ3n) is 5.07. The molecule has 2 amide bonds. The van der Waals surface area contributed by atoms with E-state index in [1.165, 1.54) is 0 Å². The first-order valence-electron chi connectivity index (χ1n) is 9.81. The van der Waals surface area contributed by atoms with Gasteiger partial charge in [0.1, 0.15) is 6.54 Å². The Bertz CT molecular complexity index is 1140. The Balaban J connectivity index is 1.55. The van der Waals surface area contributed by atoms with Gasteiger partial charge in [0.15, 0.2) is 6.10 Å². The quantitative estimate of drug-likeness (QED) is 0.352. The summed E-state index contributed by atoms with van der Waals surface area (Å²) in [6.45, 7) is -0.558. The molecule has 4 rings (SSSR count). The third kappa shape index (κ3) is 4.28. The van der Waals surface area contributed by atoms with Crippen LogP contribution in [-0.2, 0) is 20.7 Å². The van der Waals surface area contributed by atoms with Gasteiger partial charge in [0.05, 0.1) is 6.42 Å². The van der Waals surface area contributed by atoms with Crippen molar-refractivity contribution in [1.29, 1.82) is 0 Å². The number of amides is 2. The standard InChI is InChI=1S/C25H19NO5/c27-21-15-19-13-7-8-14-20(19)25(30)26(21)16-22(28)31-24(18-11-5-2-6-12-18)23(29)17-9-3-1-4-10-17/h1-14,24H,15-16H2/t24-/m0/s1. The molecule has 6 nitrogen and oxygen atoms in total. The summed E-state index contributed by atoms with van der Waals surface area (Å²) < 4.78 is 5.51. The molecule has 0 N–H and O–H groups in total. The van der Waals surface area contributed by atoms with Crippen LogP contribution < -0.4 is 0 Å². The molecule has 0 unspecified atom stereocenters. The van der Waals surface area contributed by atoms with Crippen molar-refractivity contribution in [3.63, 3.8) is 0 Å². The lowest BCUT2D eigenvalue weighted by Crippen LogP contribution is -2.45. The Morgan fingerprint density at radius 2 is 1.45 bits per heavy atom. The number of ether oxygens (including phenoxy) is 1. The Kier molecular flexibility index (Phi) is 5.71. The van der Waals surface area contributed by atoms with Crippen LogP contribution in [0.15, 0.2) is 84.9 Å². The molecule has 0 saturated heterocycles. The SMILES string of the molecule is O=C(CN1C(=O)Cc2ccccc2C1=O)O[C@H](C(=O)c1ccccc1)c1ccccc1. The fraction of sp³-hybridized carbons (Fsp3) is 0.120. The molecular weight excluding hydrogens is 394 g/mol. The molecule has 0 spiro atoms. The average molecular weight is 413 g/mol. The number of ketones is 1. The van der Waals surface area contributed by atoms with E-state index in [0.717, 1.165) is 4.90 Å². The molecule has 1 aliphatic rings. The Hall–Kier alpha value is -4.06. The number of esters is 1. The van der Waals surface area contributed by atoms with Crippen LogP contribution in [0.3, 0.4) is 0 Å². The van der Waals surface area contributed by atoms with E-state index in [4.69, 9.17) is 4.74 Å². The van der Waals surface area contributed by atoms with Gasteiger partial charge in [-0.1, -0.05) is 78.9 Å². The normalized spacial score (nSPS) is 14.0. The van der Waals surface area contributed by atoms with Gasteiger partial charge in [-0.15, -0.1) is 0 Å². The molecule has 0 aliphatic carbocycles. The molecule has 1 atom stereocenters. The van der Waals surface area contributed by atoms with E-state index in [1.807, 2.05) is 0 Å². The zero-order chi connectivity index (χ0) is 21.8. The van der Waals surface area contributed by atoms with Gasteiger partial charge < -0.3 is 4.74 Å². The number of fused-ring (bicyclic) bond motifs is 1. The van der Waals surface area contributed by atoms with E-state index in [1.54, 1.807) is 84.9 Å². The molecule has 0 aromatic heterocycles. The highest BCUT2D eigenvalue weighted by Crippen LogP contribution is 2.24. The molecule has 1 heterocycles. The maximum absolute atomic E-state index is 13.0. The van der Waals surface area contributed by atoms with Crippen LogP contribution in [0.4, 0.5) is 0 Å². The zero-order valence-corrected chi connectivity index (χ0v) is 16.6. The zero-order valence-electron chi connectivity index (χ0n) is 16.6. The van der Waals surface area contributed by atoms with Crippen LogP contribution in [0.1, 0.15) is 37.9 Å². The molecular formula is C25H19NO5. The average Bonchev–Trinajstić information content (AvgIpc) is 2.81. The van der Waals surface area contributed by atoms with Crippen molar-refractivity contribution in [3.05, 3.63) is 107 Å². The van der Waals surface area contributed by atoms with Crippen LogP contribution in [0.2, 0.25) is 0 Å². The summed E-state index contributed by atoms with van der Waals surface area (Å²) >= 11 is 0. The molecule has 0 bridgehead atoms. The maximum atomic E-state index is 13.0. The smallest absolute Gasteiger partial charge is 0.327 e. The van der Waals surface area contributed by atoms with Gasteiger partial charge in [-0.2, -0.15) is 0 Å². The fourth-order valence-corrected chi connectivity index (χ4v) is 3.51. The summed E-state index contributed by atoms with van der Waals surface area (Å²) in [5.41, 5.74) is 1.91. The van der Waals surface area contributed by atoms with Crippen molar-refractivity contribution in [1.82, 2.24) is 4.90 Å². The minimum atomic E-state index is -1.18. The molecule has 31 heavy (non-hydrogen) atoms. The van der Waals surface area contributed by atoms with E-state index in [2.05, 4.69) is 0 Å². The van der Waals surface area contributed by atoms with Crippen LogP contribution >= 0.6 is 0 Å². The molecule has 0 fully saturated rings. The first-order valence-corrected chi connectivity index (χ1v) is 9.81. The lowest BCUT2D eigenvalue weighted by molar-refractivity contribution is -0.151. The molecule has 3 aromatic carbocycles. The van der Waals surface area contributed by atoms with Gasteiger partial charge in [-0.3, -0.25) is 24.1 Å². The number of rotatable bonds is 6. The van der Waals surface area contributed by atoms with E-state index >= 15 is 0 Å². The minimum absolute atomic E-state index is 0.0280.